The Morgan fingerprint density at radius 2 is 1.79 bits per heavy atom. The molecule has 1 unspecified atom stereocenters. The number of halogens is 1. The minimum atomic E-state index is -0.0702. The summed E-state index contributed by atoms with van der Waals surface area (Å²) in [6, 6.07) is 6.19. The molecule has 1 N–H and O–H groups in total. The van der Waals surface area contributed by atoms with E-state index < -0.39 is 0 Å². The smallest absolute Gasteiger partial charge is 0.226 e. The molecule has 1 amide bonds. The minimum Gasteiger partial charge on any atom is -0.493 e. The van der Waals surface area contributed by atoms with Crippen molar-refractivity contribution in [3.05, 3.63) is 28.2 Å². The maximum atomic E-state index is 13.3. The number of carbonyl (C=O) groups is 1. The number of amides is 1. The monoisotopic (exact) mass is 389 g/mol. The van der Waals surface area contributed by atoms with Crippen molar-refractivity contribution < 1.29 is 9.53 Å². The van der Waals surface area contributed by atoms with Crippen molar-refractivity contribution in [2.24, 2.45) is 23.2 Å². The molecule has 1 aromatic rings. The summed E-state index contributed by atoms with van der Waals surface area (Å²) in [4.78, 5) is 13.3. The summed E-state index contributed by atoms with van der Waals surface area (Å²) in [6.07, 6.45) is 8.36. The molecule has 4 aliphatic carbocycles. The Bertz CT molecular complexity index is 651. The van der Waals surface area contributed by atoms with E-state index in [9.17, 15) is 4.79 Å². The van der Waals surface area contributed by atoms with E-state index in [2.05, 4.69) is 27.3 Å². The molecule has 5 aliphatic rings. The van der Waals surface area contributed by atoms with E-state index in [0.29, 0.717) is 12.5 Å². The van der Waals surface area contributed by atoms with Crippen molar-refractivity contribution >= 4 is 21.8 Å². The highest BCUT2D eigenvalue weighted by Crippen LogP contribution is 2.60. The predicted molar refractivity (Wildman–Crippen MR) is 95.7 cm³/mol. The molecule has 4 heteroatoms. The lowest BCUT2D eigenvalue weighted by atomic mass is 9.49. The number of hydrogen-bond donors (Lipinski definition) is 1. The van der Waals surface area contributed by atoms with Gasteiger partial charge in [0.05, 0.1) is 12.6 Å². The lowest BCUT2D eigenvalue weighted by molar-refractivity contribution is -0.147. The van der Waals surface area contributed by atoms with Crippen LogP contribution in [-0.4, -0.2) is 12.5 Å². The molecule has 1 aliphatic heterocycles. The number of ether oxygens (including phenoxy) is 1. The predicted octanol–water partition coefficient (Wildman–Crippen LogP) is 4.61. The maximum absolute atomic E-state index is 13.3. The van der Waals surface area contributed by atoms with Crippen molar-refractivity contribution in [2.45, 2.75) is 51.0 Å². The molecular weight excluding hydrogens is 366 g/mol. The molecule has 1 heterocycles. The normalized spacial score (nSPS) is 39.2. The standard InChI is InChI=1S/C20H24BrNO2/c21-15-1-2-18-16(8-15)17(3-4-24-18)22-19(23)20-9-12-5-13(10-20)7-14(6-12)11-20/h1-2,8,12-14,17H,3-7,9-11H2,(H,22,23). The zero-order valence-corrected chi connectivity index (χ0v) is 15.5. The molecule has 1 atom stereocenters. The van der Waals surface area contributed by atoms with Crippen LogP contribution in [0.1, 0.15) is 56.6 Å². The molecule has 0 spiro atoms. The molecule has 0 radical (unpaired) electrons. The fourth-order valence-electron chi connectivity index (χ4n) is 6.22. The number of carbonyl (C=O) groups excluding carboxylic acids is 1. The van der Waals surface area contributed by atoms with Gasteiger partial charge < -0.3 is 10.1 Å². The van der Waals surface area contributed by atoms with E-state index in [1.165, 1.54) is 19.3 Å². The molecule has 4 bridgehead atoms. The SMILES string of the molecule is O=C(NC1CCOc2ccc(Br)cc21)C12CC3CC(CC(C3)C1)C2. The molecule has 1 aromatic carbocycles. The molecule has 0 saturated heterocycles. The van der Waals surface area contributed by atoms with E-state index in [-0.39, 0.29) is 11.5 Å². The summed E-state index contributed by atoms with van der Waals surface area (Å²) in [5, 5.41) is 3.42. The van der Waals surface area contributed by atoms with Crippen molar-refractivity contribution in [3.63, 3.8) is 0 Å². The second-order valence-corrected chi connectivity index (χ2v) is 9.46. The summed E-state index contributed by atoms with van der Waals surface area (Å²) in [7, 11) is 0. The largest absolute Gasteiger partial charge is 0.493 e. The second kappa shape index (κ2) is 5.48. The first kappa shape index (κ1) is 15.2. The first-order valence-electron chi connectivity index (χ1n) is 9.34. The van der Waals surface area contributed by atoms with Gasteiger partial charge in [0.2, 0.25) is 5.91 Å². The van der Waals surface area contributed by atoms with E-state index in [1.54, 1.807) is 0 Å². The highest BCUT2D eigenvalue weighted by Gasteiger charge is 2.54. The summed E-state index contributed by atoms with van der Waals surface area (Å²) < 4.78 is 6.81. The van der Waals surface area contributed by atoms with Crippen LogP contribution in [0.5, 0.6) is 5.75 Å². The van der Waals surface area contributed by atoms with Crippen LogP contribution >= 0.6 is 15.9 Å². The molecule has 0 aromatic heterocycles. The topological polar surface area (TPSA) is 38.3 Å². The Morgan fingerprint density at radius 3 is 2.46 bits per heavy atom. The number of rotatable bonds is 2. The molecule has 128 valence electrons. The quantitative estimate of drug-likeness (QED) is 0.801. The van der Waals surface area contributed by atoms with Crippen LogP contribution in [-0.2, 0) is 4.79 Å². The summed E-state index contributed by atoms with van der Waals surface area (Å²) in [5.74, 6) is 3.65. The van der Waals surface area contributed by atoms with Crippen LogP contribution in [0, 0.1) is 23.2 Å². The number of fused-ring (bicyclic) bond motifs is 1. The van der Waals surface area contributed by atoms with Gasteiger partial charge in [0.1, 0.15) is 5.75 Å². The van der Waals surface area contributed by atoms with Gasteiger partial charge in [-0.1, -0.05) is 15.9 Å². The van der Waals surface area contributed by atoms with Crippen LogP contribution in [0.3, 0.4) is 0 Å². The van der Waals surface area contributed by atoms with E-state index in [0.717, 1.165) is 59.2 Å². The van der Waals surface area contributed by atoms with Gasteiger partial charge in [-0.2, -0.15) is 0 Å². The Kier molecular flexibility index (Phi) is 3.48. The second-order valence-electron chi connectivity index (χ2n) is 8.54. The fraction of sp³-hybridized carbons (Fsp3) is 0.650. The van der Waals surface area contributed by atoms with Gasteiger partial charge in [0, 0.05) is 21.9 Å². The number of nitrogens with one attached hydrogen (secondary N) is 1. The molecule has 3 nitrogen and oxygen atoms in total. The minimum absolute atomic E-state index is 0.0702. The van der Waals surface area contributed by atoms with Crippen LogP contribution in [0.15, 0.2) is 22.7 Å². The van der Waals surface area contributed by atoms with Gasteiger partial charge in [-0.3, -0.25) is 4.79 Å². The lowest BCUT2D eigenvalue weighted by Gasteiger charge is -2.56. The zero-order chi connectivity index (χ0) is 16.3. The van der Waals surface area contributed by atoms with Crippen LogP contribution in [0.4, 0.5) is 0 Å². The molecule has 4 saturated carbocycles. The third-order valence-corrected chi connectivity index (χ3v) is 7.33. The van der Waals surface area contributed by atoms with Crippen LogP contribution in [0.2, 0.25) is 0 Å². The van der Waals surface area contributed by atoms with Gasteiger partial charge in [-0.05, 0) is 74.5 Å². The van der Waals surface area contributed by atoms with Crippen molar-refractivity contribution in [1.82, 2.24) is 5.32 Å². The lowest BCUT2D eigenvalue weighted by Crippen LogP contribution is -2.54. The van der Waals surface area contributed by atoms with Gasteiger partial charge in [-0.25, -0.2) is 0 Å². The average Bonchev–Trinajstić information content (AvgIpc) is 2.54. The Morgan fingerprint density at radius 1 is 1.12 bits per heavy atom. The summed E-state index contributed by atoms with van der Waals surface area (Å²) in [5.41, 5.74) is 1.05. The van der Waals surface area contributed by atoms with E-state index >= 15 is 0 Å². The summed E-state index contributed by atoms with van der Waals surface area (Å²) >= 11 is 3.55. The van der Waals surface area contributed by atoms with Crippen molar-refractivity contribution in [1.29, 1.82) is 0 Å². The van der Waals surface area contributed by atoms with Crippen molar-refractivity contribution in [2.75, 3.05) is 6.61 Å². The number of benzene rings is 1. The van der Waals surface area contributed by atoms with Gasteiger partial charge in [0.25, 0.3) is 0 Å². The van der Waals surface area contributed by atoms with Crippen LogP contribution in [0.25, 0.3) is 0 Å². The third kappa shape index (κ3) is 2.40. The maximum Gasteiger partial charge on any atom is 0.226 e. The van der Waals surface area contributed by atoms with Crippen molar-refractivity contribution in [3.8, 4) is 5.75 Å². The van der Waals surface area contributed by atoms with Gasteiger partial charge in [-0.15, -0.1) is 0 Å². The molecule has 24 heavy (non-hydrogen) atoms. The van der Waals surface area contributed by atoms with Gasteiger partial charge >= 0.3 is 0 Å². The highest BCUT2D eigenvalue weighted by atomic mass is 79.9. The van der Waals surface area contributed by atoms with E-state index in [1.807, 2.05) is 12.1 Å². The molecular formula is C20H24BrNO2. The summed E-state index contributed by atoms with van der Waals surface area (Å²) in [6.45, 7) is 0.681. The van der Waals surface area contributed by atoms with Crippen LogP contribution < -0.4 is 10.1 Å². The first-order chi connectivity index (χ1) is 11.6. The molecule has 4 fully saturated rings. The first-order valence-corrected chi connectivity index (χ1v) is 10.1. The van der Waals surface area contributed by atoms with Gasteiger partial charge in [0.15, 0.2) is 0 Å². The number of hydrogen-bond acceptors (Lipinski definition) is 2. The van der Waals surface area contributed by atoms with E-state index in [4.69, 9.17) is 4.74 Å². The zero-order valence-electron chi connectivity index (χ0n) is 13.9. The Hall–Kier alpha value is -1.03. The fourth-order valence-corrected chi connectivity index (χ4v) is 6.59. The highest BCUT2D eigenvalue weighted by molar-refractivity contribution is 9.10. The Labute approximate surface area is 151 Å². The third-order valence-electron chi connectivity index (χ3n) is 6.84. The molecule has 6 rings (SSSR count). The Balaban J connectivity index is 1.39. The average molecular weight is 390 g/mol.